The van der Waals surface area contributed by atoms with Crippen LogP contribution < -0.4 is 10.9 Å². The Kier molecular flexibility index (Phi) is 4.55. The van der Waals surface area contributed by atoms with E-state index in [0.29, 0.717) is 18.0 Å². The third-order valence-corrected chi connectivity index (χ3v) is 4.87. The summed E-state index contributed by atoms with van der Waals surface area (Å²) < 4.78 is 2.19. The molecule has 0 amide bonds. The highest BCUT2D eigenvalue weighted by Gasteiger charge is 2.29. The monoisotopic (exact) mass is 299 g/mol. The number of nitrogens with zero attached hydrogens (tertiary/aromatic N) is 3. The smallest absolute Gasteiger partial charge is 0.133 e. The molecule has 0 saturated carbocycles. The van der Waals surface area contributed by atoms with E-state index < -0.39 is 0 Å². The second kappa shape index (κ2) is 6.58. The lowest BCUT2D eigenvalue weighted by atomic mass is 9.91. The summed E-state index contributed by atoms with van der Waals surface area (Å²) in [6.07, 6.45) is 3.92. The minimum Gasteiger partial charge on any atom is -0.310 e. The first-order valence-electron chi connectivity index (χ1n) is 8.11. The number of hydrogen-bond acceptors (Lipinski definition) is 4. The van der Waals surface area contributed by atoms with Crippen LogP contribution in [-0.2, 0) is 6.42 Å². The molecule has 0 radical (unpaired) electrons. The molecule has 2 N–H and O–H groups in total. The molecule has 3 unspecified atom stereocenters. The van der Waals surface area contributed by atoms with Gasteiger partial charge in [-0.05, 0) is 38.7 Å². The summed E-state index contributed by atoms with van der Waals surface area (Å²) in [5, 5.41) is 8.48. The Morgan fingerprint density at radius 2 is 1.82 bits per heavy atom. The van der Waals surface area contributed by atoms with Crippen LogP contribution in [0.5, 0.6) is 0 Å². The zero-order valence-corrected chi connectivity index (χ0v) is 13.5. The van der Waals surface area contributed by atoms with Gasteiger partial charge >= 0.3 is 0 Å². The Morgan fingerprint density at radius 1 is 1.14 bits per heavy atom. The van der Waals surface area contributed by atoms with Gasteiger partial charge in [0.15, 0.2) is 0 Å². The standard InChI is InChI=1S/C17H25N5/c1-12-16(13(2)20-19-12)9-10-17-21-18-11-22(17)14(3)15-7-5-4-6-8-15/h4-8,11-14,16,19-20H,9-10H2,1-3H3. The fourth-order valence-electron chi connectivity index (χ4n) is 3.37. The first-order valence-corrected chi connectivity index (χ1v) is 8.11. The zero-order valence-electron chi connectivity index (χ0n) is 13.5. The number of benzene rings is 1. The molecule has 1 fully saturated rings. The quantitative estimate of drug-likeness (QED) is 0.889. The van der Waals surface area contributed by atoms with E-state index in [1.54, 1.807) is 0 Å². The molecule has 3 atom stereocenters. The van der Waals surface area contributed by atoms with E-state index in [0.717, 1.165) is 18.7 Å². The highest BCUT2D eigenvalue weighted by molar-refractivity contribution is 5.19. The predicted molar refractivity (Wildman–Crippen MR) is 87.3 cm³/mol. The number of hydrogen-bond donors (Lipinski definition) is 2. The maximum atomic E-state index is 4.35. The third-order valence-electron chi connectivity index (χ3n) is 4.87. The molecule has 3 rings (SSSR count). The molecule has 22 heavy (non-hydrogen) atoms. The first kappa shape index (κ1) is 15.2. The number of nitrogens with one attached hydrogen (secondary N) is 2. The van der Waals surface area contributed by atoms with Crippen LogP contribution in [0.15, 0.2) is 36.7 Å². The van der Waals surface area contributed by atoms with Crippen LogP contribution in [0.4, 0.5) is 0 Å². The summed E-state index contributed by atoms with van der Waals surface area (Å²) in [5.74, 6) is 1.69. The molecule has 2 heterocycles. The van der Waals surface area contributed by atoms with Gasteiger partial charge in [0.25, 0.3) is 0 Å². The summed E-state index contributed by atoms with van der Waals surface area (Å²) in [7, 11) is 0. The van der Waals surface area contributed by atoms with E-state index in [1.165, 1.54) is 5.56 Å². The summed E-state index contributed by atoms with van der Waals surface area (Å²) in [4.78, 5) is 0. The highest BCUT2D eigenvalue weighted by atomic mass is 15.4. The molecule has 1 saturated heterocycles. The van der Waals surface area contributed by atoms with Crippen LogP contribution in [-0.4, -0.2) is 26.8 Å². The van der Waals surface area contributed by atoms with Crippen LogP contribution >= 0.6 is 0 Å². The first-order chi connectivity index (χ1) is 10.7. The zero-order chi connectivity index (χ0) is 15.5. The average Bonchev–Trinajstić information content (AvgIpc) is 3.13. The Bertz CT molecular complexity index is 584. The molecular weight excluding hydrogens is 274 g/mol. The molecule has 1 aliphatic rings. The lowest BCUT2D eigenvalue weighted by Crippen LogP contribution is -2.30. The number of hydrazine groups is 1. The van der Waals surface area contributed by atoms with Crippen molar-refractivity contribution in [2.24, 2.45) is 5.92 Å². The third kappa shape index (κ3) is 3.05. The molecule has 1 aromatic carbocycles. The molecule has 0 bridgehead atoms. The van der Waals surface area contributed by atoms with Crippen LogP contribution in [0.2, 0.25) is 0 Å². The van der Waals surface area contributed by atoms with Gasteiger partial charge in [-0.25, -0.2) is 0 Å². The maximum absolute atomic E-state index is 4.35. The van der Waals surface area contributed by atoms with Gasteiger partial charge in [-0.3, -0.25) is 10.9 Å². The summed E-state index contributed by atoms with van der Waals surface area (Å²) in [5.41, 5.74) is 7.93. The van der Waals surface area contributed by atoms with Gasteiger partial charge in [0.1, 0.15) is 12.2 Å². The largest absolute Gasteiger partial charge is 0.310 e. The van der Waals surface area contributed by atoms with E-state index in [4.69, 9.17) is 0 Å². The number of rotatable bonds is 5. The fourth-order valence-corrected chi connectivity index (χ4v) is 3.37. The van der Waals surface area contributed by atoms with Crippen molar-refractivity contribution in [2.75, 3.05) is 0 Å². The lowest BCUT2D eigenvalue weighted by molar-refractivity contribution is 0.405. The highest BCUT2D eigenvalue weighted by Crippen LogP contribution is 2.23. The lowest BCUT2D eigenvalue weighted by Gasteiger charge is -2.19. The Morgan fingerprint density at radius 3 is 2.50 bits per heavy atom. The van der Waals surface area contributed by atoms with E-state index in [2.05, 4.69) is 70.7 Å². The van der Waals surface area contributed by atoms with Gasteiger partial charge in [-0.15, -0.1) is 10.2 Å². The van der Waals surface area contributed by atoms with E-state index in [1.807, 2.05) is 12.4 Å². The SMILES string of the molecule is CC1NNC(C)C1CCc1nncn1C(C)c1ccccc1. The van der Waals surface area contributed by atoms with Crippen molar-refractivity contribution < 1.29 is 0 Å². The van der Waals surface area contributed by atoms with Crippen molar-refractivity contribution in [1.29, 1.82) is 0 Å². The molecule has 2 aromatic rings. The molecule has 1 aliphatic heterocycles. The molecule has 5 nitrogen and oxygen atoms in total. The Labute approximate surface area is 132 Å². The van der Waals surface area contributed by atoms with E-state index in [-0.39, 0.29) is 6.04 Å². The molecule has 0 spiro atoms. The van der Waals surface area contributed by atoms with Crippen molar-refractivity contribution in [2.45, 2.75) is 51.7 Å². The maximum Gasteiger partial charge on any atom is 0.133 e. The van der Waals surface area contributed by atoms with Gasteiger partial charge in [0.2, 0.25) is 0 Å². The van der Waals surface area contributed by atoms with Gasteiger partial charge in [0.05, 0.1) is 6.04 Å². The van der Waals surface area contributed by atoms with Crippen molar-refractivity contribution in [3.05, 3.63) is 48.0 Å². The van der Waals surface area contributed by atoms with Gasteiger partial charge in [-0.2, -0.15) is 0 Å². The molecule has 5 heteroatoms. The average molecular weight is 299 g/mol. The fraction of sp³-hybridized carbons (Fsp3) is 0.529. The van der Waals surface area contributed by atoms with Crippen LogP contribution in [0, 0.1) is 5.92 Å². The molecule has 0 aliphatic carbocycles. The summed E-state index contributed by atoms with van der Waals surface area (Å²) in [6.45, 7) is 6.67. The van der Waals surface area contributed by atoms with Crippen LogP contribution in [0.25, 0.3) is 0 Å². The van der Waals surface area contributed by atoms with Gasteiger partial charge in [-0.1, -0.05) is 30.3 Å². The normalized spacial score (nSPS) is 26.2. The van der Waals surface area contributed by atoms with Crippen molar-refractivity contribution in [1.82, 2.24) is 25.6 Å². The van der Waals surface area contributed by atoms with Gasteiger partial charge in [0, 0.05) is 18.5 Å². The summed E-state index contributed by atoms with van der Waals surface area (Å²) >= 11 is 0. The van der Waals surface area contributed by atoms with Crippen molar-refractivity contribution >= 4 is 0 Å². The van der Waals surface area contributed by atoms with E-state index in [9.17, 15) is 0 Å². The van der Waals surface area contributed by atoms with Crippen LogP contribution in [0.1, 0.15) is 44.6 Å². The second-order valence-corrected chi connectivity index (χ2v) is 6.31. The summed E-state index contributed by atoms with van der Waals surface area (Å²) in [6, 6.07) is 11.8. The topological polar surface area (TPSA) is 54.8 Å². The predicted octanol–water partition coefficient (Wildman–Crippen LogP) is 2.32. The second-order valence-electron chi connectivity index (χ2n) is 6.31. The van der Waals surface area contributed by atoms with Crippen molar-refractivity contribution in [3.63, 3.8) is 0 Å². The van der Waals surface area contributed by atoms with Crippen LogP contribution in [0.3, 0.4) is 0 Å². The minimum absolute atomic E-state index is 0.265. The Balaban J connectivity index is 1.70. The number of aromatic nitrogens is 3. The molecule has 118 valence electrons. The number of aryl methyl sites for hydroxylation is 1. The van der Waals surface area contributed by atoms with Gasteiger partial charge < -0.3 is 4.57 Å². The Hall–Kier alpha value is -1.72. The molecular formula is C17H25N5. The molecule has 1 aromatic heterocycles. The minimum atomic E-state index is 0.265. The van der Waals surface area contributed by atoms with E-state index >= 15 is 0 Å². The van der Waals surface area contributed by atoms with Crippen molar-refractivity contribution in [3.8, 4) is 0 Å².